The van der Waals surface area contributed by atoms with Crippen LogP contribution in [0, 0.1) is 0 Å². The molecular weight excluding hydrogens is 376 g/mol. The maximum Gasteiger partial charge on any atom is 0.225 e. The van der Waals surface area contributed by atoms with E-state index in [9.17, 15) is 8.42 Å². The highest BCUT2D eigenvalue weighted by molar-refractivity contribution is 7.89. The number of pyridine rings is 2. The Morgan fingerprint density at radius 2 is 1.96 bits per heavy atom. The Balaban J connectivity index is 1.32. The second-order valence-electron chi connectivity index (χ2n) is 7.69. The minimum atomic E-state index is -3.24. The van der Waals surface area contributed by atoms with Crippen molar-refractivity contribution in [2.45, 2.75) is 25.3 Å². The molecule has 5 rings (SSSR count). The average molecular weight is 401 g/mol. The summed E-state index contributed by atoms with van der Waals surface area (Å²) in [4.78, 5) is 16.3. The van der Waals surface area contributed by atoms with Crippen LogP contribution < -0.4 is 9.62 Å². The van der Waals surface area contributed by atoms with E-state index in [1.54, 1.807) is 6.20 Å². The number of anilines is 1. The Morgan fingerprint density at radius 3 is 2.71 bits per heavy atom. The summed E-state index contributed by atoms with van der Waals surface area (Å²) in [7, 11) is -3.24. The van der Waals surface area contributed by atoms with Gasteiger partial charge < -0.3 is 9.88 Å². The van der Waals surface area contributed by atoms with Gasteiger partial charge >= 0.3 is 0 Å². The number of fused-ring (bicyclic) bond motifs is 3. The number of nitrogens with one attached hydrogen (secondary N) is 2. The van der Waals surface area contributed by atoms with Crippen molar-refractivity contribution in [2.24, 2.45) is 0 Å². The molecule has 0 unspecified atom stereocenters. The first-order chi connectivity index (χ1) is 13.6. The number of aromatic nitrogens is 3. The Hall–Kier alpha value is -2.23. The van der Waals surface area contributed by atoms with Gasteiger partial charge in [0.2, 0.25) is 10.0 Å². The van der Waals surface area contributed by atoms with Crippen molar-refractivity contribution < 1.29 is 8.42 Å². The molecule has 3 aromatic rings. The van der Waals surface area contributed by atoms with Crippen LogP contribution in [0.1, 0.15) is 19.3 Å². The van der Waals surface area contributed by atoms with Crippen molar-refractivity contribution in [2.75, 3.05) is 37.0 Å². The summed E-state index contributed by atoms with van der Waals surface area (Å²) in [6, 6.07) is 4.23. The molecule has 1 saturated heterocycles. The highest BCUT2D eigenvalue weighted by Crippen LogP contribution is 2.31. The number of aromatic amines is 1. The Labute approximate surface area is 164 Å². The fourth-order valence-electron chi connectivity index (χ4n) is 4.08. The van der Waals surface area contributed by atoms with Crippen LogP contribution in [0.4, 0.5) is 5.69 Å². The van der Waals surface area contributed by atoms with Crippen LogP contribution in [0.3, 0.4) is 0 Å². The number of sulfonamides is 1. The van der Waals surface area contributed by atoms with E-state index in [-0.39, 0.29) is 11.9 Å². The summed E-state index contributed by atoms with van der Waals surface area (Å²) in [5, 5.41) is 2.16. The Morgan fingerprint density at radius 1 is 1.14 bits per heavy atom. The molecule has 0 aromatic carbocycles. The molecule has 2 fully saturated rings. The molecule has 2 aliphatic rings. The molecule has 1 aliphatic carbocycles. The third kappa shape index (κ3) is 3.34. The molecule has 1 aliphatic heterocycles. The molecule has 4 heterocycles. The van der Waals surface area contributed by atoms with Gasteiger partial charge in [-0.2, -0.15) is 0 Å². The van der Waals surface area contributed by atoms with Crippen LogP contribution in [0.25, 0.3) is 21.9 Å². The van der Waals surface area contributed by atoms with E-state index in [0.29, 0.717) is 0 Å². The van der Waals surface area contributed by atoms with Crippen molar-refractivity contribution in [3.8, 4) is 0 Å². The highest BCUT2D eigenvalue weighted by Gasteiger charge is 2.27. The van der Waals surface area contributed by atoms with Gasteiger partial charge in [0.1, 0.15) is 5.88 Å². The van der Waals surface area contributed by atoms with E-state index in [2.05, 4.69) is 30.6 Å². The number of rotatable bonds is 5. The lowest BCUT2D eigenvalue weighted by Crippen LogP contribution is -2.51. The zero-order chi connectivity index (χ0) is 19.1. The standard InChI is InChI=1S/C19H24N6O2S/c26-28(27,23-14-2-1-3-14)13-24-8-10-25(11-9-24)17-5-7-20-16-12-22-19-15(18(16)17)4-6-21-19/h4-7,12,14,20,23H,1-3,8-11,13H2. The first-order valence-electron chi connectivity index (χ1n) is 9.77. The molecule has 28 heavy (non-hydrogen) atoms. The van der Waals surface area contributed by atoms with Crippen LogP contribution in [0.15, 0.2) is 30.7 Å². The summed E-state index contributed by atoms with van der Waals surface area (Å²) in [5.74, 6) is 0.0849. The van der Waals surface area contributed by atoms with E-state index >= 15 is 0 Å². The van der Waals surface area contributed by atoms with E-state index < -0.39 is 10.0 Å². The number of H-pyrrole nitrogens is 1. The third-order valence-corrected chi connectivity index (χ3v) is 7.18. The van der Waals surface area contributed by atoms with E-state index in [1.807, 2.05) is 23.4 Å². The van der Waals surface area contributed by atoms with Gasteiger partial charge in [0.05, 0.1) is 11.7 Å². The minimum Gasteiger partial charge on any atom is -0.368 e. The lowest BCUT2D eigenvalue weighted by Gasteiger charge is -2.37. The number of hydrogen-bond donors (Lipinski definition) is 2. The topological polar surface area (TPSA) is 94.2 Å². The molecule has 0 amide bonds. The normalized spacial score (nSPS) is 19.4. The predicted octanol–water partition coefficient (Wildman–Crippen LogP) is 1.66. The van der Waals surface area contributed by atoms with Crippen LogP contribution in [-0.2, 0) is 10.0 Å². The molecule has 2 N–H and O–H groups in total. The monoisotopic (exact) mass is 400 g/mol. The molecule has 3 aromatic heterocycles. The number of nitrogens with zero attached hydrogens (tertiary/aromatic N) is 4. The zero-order valence-corrected chi connectivity index (χ0v) is 16.5. The van der Waals surface area contributed by atoms with E-state index in [1.165, 1.54) is 0 Å². The lowest BCUT2D eigenvalue weighted by molar-refractivity contribution is 0.290. The molecule has 0 bridgehead atoms. The first kappa shape index (κ1) is 17.8. The van der Waals surface area contributed by atoms with Gasteiger partial charge in [-0.25, -0.2) is 23.1 Å². The Kier molecular flexibility index (Phi) is 4.45. The molecule has 0 atom stereocenters. The predicted molar refractivity (Wildman–Crippen MR) is 110 cm³/mol. The average Bonchev–Trinajstić information content (AvgIpc) is 3.14. The summed E-state index contributed by atoms with van der Waals surface area (Å²) in [5.41, 5.74) is 2.87. The van der Waals surface area contributed by atoms with Gasteiger partial charge in [0.25, 0.3) is 0 Å². The van der Waals surface area contributed by atoms with Gasteiger partial charge in [-0.15, -0.1) is 0 Å². The summed E-state index contributed by atoms with van der Waals surface area (Å²) in [6.07, 6.45) is 8.59. The smallest absolute Gasteiger partial charge is 0.225 e. The zero-order valence-electron chi connectivity index (χ0n) is 15.6. The maximum absolute atomic E-state index is 12.4. The third-order valence-electron chi connectivity index (χ3n) is 5.79. The quantitative estimate of drug-likeness (QED) is 0.677. The summed E-state index contributed by atoms with van der Waals surface area (Å²) >= 11 is 0. The fraction of sp³-hybridized carbons (Fsp3) is 0.474. The Bertz CT molecular complexity index is 1100. The van der Waals surface area contributed by atoms with Gasteiger partial charge in [-0.05, 0) is 25.0 Å². The van der Waals surface area contributed by atoms with Crippen LogP contribution in [-0.4, -0.2) is 66.4 Å². The number of hydrogen-bond acceptors (Lipinski definition) is 6. The fourth-order valence-corrected chi connectivity index (χ4v) is 5.64. The molecule has 8 nitrogen and oxygen atoms in total. The second kappa shape index (κ2) is 6.98. The maximum atomic E-state index is 12.4. The lowest BCUT2D eigenvalue weighted by atomic mass is 9.94. The largest absolute Gasteiger partial charge is 0.368 e. The van der Waals surface area contributed by atoms with Crippen molar-refractivity contribution in [3.05, 3.63) is 30.7 Å². The molecule has 0 radical (unpaired) electrons. The van der Waals surface area contributed by atoms with Gasteiger partial charge in [0.15, 0.2) is 5.65 Å². The van der Waals surface area contributed by atoms with Gasteiger partial charge in [-0.3, -0.25) is 4.90 Å². The van der Waals surface area contributed by atoms with E-state index in [4.69, 9.17) is 0 Å². The molecule has 148 valence electrons. The highest BCUT2D eigenvalue weighted by atomic mass is 32.2. The molecular formula is C19H24N6O2S. The van der Waals surface area contributed by atoms with Gasteiger partial charge in [-0.1, -0.05) is 6.42 Å². The van der Waals surface area contributed by atoms with Crippen LogP contribution >= 0.6 is 0 Å². The van der Waals surface area contributed by atoms with Crippen LogP contribution in [0.2, 0.25) is 0 Å². The van der Waals surface area contributed by atoms with Crippen molar-refractivity contribution >= 4 is 37.6 Å². The van der Waals surface area contributed by atoms with Gasteiger partial charge in [0, 0.05) is 61.1 Å². The van der Waals surface area contributed by atoms with E-state index in [0.717, 1.165) is 73.1 Å². The minimum absolute atomic E-state index is 0.0849. The summed E-state index contributed by atoms with van der Waals surface area (Å²) in [6.45, 7) is 3.02. The first-order valence-corrected chi connectivity index (χ1v) is 11.4. The van der Waals surface area contributed by atoms with Crippen molar-refractivity contribution in [1.82, 2.24) is 24.6 Å². The second-order valence-corrected chi connectivity index (χ2v) is 9.41. The SMILES string of the molecule is O=S(=O)(CN1CCN(c2cc[nH]c3cnc4nccc4c23)CC1)NC1CCC1. The molecule has 9 heteroatoms. The van der Waals surface area contributed by atoms with Crippen molar-refractivity contribution in [1.29, 1.82) is 0 Å². The summed E-state index contributed by atoms with van der Waals surface area (Å²) < 4.78 is 27.5. The molecule has 1 saturated carbocycles. The number of piperazine rings is 1. The van der Waals surface area contributed by atoms with Crippen molar-refractivity contribution in [3.63, 3.8) is 0 Å². The molecule has 0 spiro atoms. The van der Waals surface area contributed by atoms with Crippen LogP contribution in [0.5, 0.6) is 0 Å².